The van der Waals surface area contributed by atoms with Crippen LogP contribution < -0.4 is 0 Å². The average Bonchev–Trinajstić information content (AvgIpc) is 2.43. The Morgan fingerprint density at radius 2 is 1.95 bits per heavy atom. The molecule has 0 aliphatic heterocycles. The Balaban J connectivity index is 2.59. The number of phenolic OH excluding ortho intramolecular Hbond substituents is 1. The lowest BCUT2D eigenvalue weighted by atomic mass is 9.98. The molecule has 2 aromatic carbocycles. The molecule has 2 aromatic rings. The largest absolute Gasteiger partial charge is 0.507 e. The Bertz CT molecular complexity index is 644. The van der Waals surface area contributed by atoms with Crippen LogP contribution >= 0.6 is 27.5 Å². The summed E-state index contributed by atoms with van der Waals surface area (Å²) in [5, 5.41) is 20.2. The number of alkyl halides is 1. The molecule has 0 aliphatic rings. The summed E-state index contributed by atoms with van der Waals surface area (Å²) in [6, 6.07) is 6.19. The highest BCUT2D eigenvalue weighted by Crippen LogP contribution is 2.39. The van der Waals surface area contributed by atoms with Crippen LogP contribution in [0.1, 0.15) is 5.56 Å². The van der Waals surface area contributed by atoms with Crippen molar-refractivity contribution in [2.24, 2.45) is 0 Å². The van der Waals surface area contributed by atoms with E-state index in [1.807, 2.05) is 0 Å². The smallest absolute Gasteiger partial charge is 0.132 e. The van der Waals surface area contributed by atoms with Gasteiger partial charge in [0.1, 0.15) is 17.4 Å². The van der Waals surface area contributed by atoms with E-state index in [4.69, 9.17) is 11.6 Å². The van der Waals surface area contributed by atoms with E-state index in [0.717, 1.165) is 12.1 Å². The van der Waals surface area contributed by atoms with Crippen molar-refractivity contribution in [2.75, 3.05) is 5.33 Å². The maximum absolute atomic E-state index is 13.9. The lowest BCUT2D eigenvalue weighted by Crippen LogP contribution is -2.12. The normalized spacial score (nSPS) is 12.4. The first-order valence-corrected chi connectivity index (χ1v) is 7.63. The number of hydrogen-bond donors (Lipinski definition) is 2. The predicted molar refractivity (Wildman–Crippen MR) is 82.0 cm³/mol. The molecule has 2 rings (SSSR count). The molecule has 0 radical (unpaired) electrons. The van der Waals surface area contributed by atoms with Crippen molar-refractivity contribution in [1.29, 1.82) is 0 Å². The highest BCUT2D eigenvalue weighted by molar-refractivity contribution is 9.09. The van der Waals surface area contributed by atoms with Crippen LogP contribution in [0.5, 0.6) is 5.75 Å². The first kappa shape index (κ1) is 16.2. The van der Waals surface area contributed by atoms with Gasteiger partial charge in [-0.25, -0.2) is 8.78 Å². The molecule has 0 spiro atoms. The monoisotopic (exact) mass is 376 g/mol. The Labute approximate surface area is 134 Å². The number of hydrogen-bond acceptors (Lipinski definition) is 2. The van der Waals surface area contributed by atoms with Gasteiger partial charge in [-0.05, 0) is 29.8 Å². The van der Waals surface area contributed by atoms with Crippen LogP contribution in [-0.2, 0) is 6.42 Å². The topological polar surface area (TPSA) is 40.5 Å². The maximum Gasteiger partial charge on any atom is 0.132 e. The van der Waals surface area contributed by atoms with Crippen molar-refractivity contribution >= 4 is 27.5 Å². The van der Waals surface area contributed by atoms with E-state index >= 15 is 0 Å². The number of benzene rings is 2. The molecule has 0 fully saturated rings. The first-order chi connectivity index (χ1) is 9.93. The van der Waals surface area contributed by atoms with Gasteiger partial charge in [0, 0.05) is 22.9 Å². The summed E-state index contributed by atoms with van der Waals surface area (Å²) >= 11 is 9.04. The molecule has 2 N–H and O–H groups in total. The predicted octanol–water partition coefficient (Wildman–Crippen LogP) is 4.29. The first-order valence-electron chi connectivity index (χ1n) is 6.13. The summed E-state index contributed by atoms with van der Waals surface area (Å²) in [5.74, 6) is -1.59. The van der Waals surface area contributed by atoms with Gasteiger partial charge in [0.25, 0.3) is 0 Å². The average molecular weight is 378 g/mol. The third kappa shape index (κ3) is 3.54. The van der Waals surface area contributed by atoms with Crippen LogP contribution in [0.3, 0.4) is 0 Å². The van der Waals surface area contributed by atoms with Crippen LogP contribution in [0, 0.1) is 11.6 Å². The molecule has 0 heterocycles. The molecule has 0 saturated heterocycles. The number of phenols is 1. The van der Waals surface area contributed by atoms with Crippen LogP contribution in [0.15, 0.2) is 30.3 Å². The molecule has 0 aliphatic carbocycles. The van der Waals surface area contributed by atoms with Gasteiger partial charge in [0.15, 0.2) is 0 Å². The van der Waals surface area contributed by atoms with Gasteiger partial charge in [-0.3, -0.25) is 0 Å². The second kappa shape index (κ2) is 6.73. The summed E-state index contributed by atoms with van der Waals surface area (Å²) in [6.45, 7) is 0. The van der Waals surface area contributed by atoms with Gasteiger partial charge in [-0.1, -0.05) is 33.6 Å². The number of aliphatic hydroxyl groups is 1. The van der Waals surface area contributed by atoms with Gasteiger partial charge in [0.05, 0.1) is 11.1 Å². The Morgan fingerprint density at radius 3 is 2.57 bits per heavy atom. The summed E-state index contributed by atoms with van der Waals surface area (Å²) in [6.07, 6.45) is -0.755. The molecule has 1 unspecified atom stereocenters. The number of rotatable bonds is 4. The summed E-state index contributed by atoms with van der Waals surface area (Å²) in [4.78, 5) is 0. The molecule has 112 valence electrons. The van der Waals surface area contributed by atoms with E-state index in [-0.39, 0.29) is 39.2 Å². The fourth-order valence-corrected chi connectivity index (χ4v) is 2.56. The van der Waals surface area contributed by atoms with Gasteiger partial charge in [-0.2, -0.15) is 0 Å². The van der Waals surface area contributed by atoms with Gasteiger partial charge < -0.3 is 10.2 Å². The SMILES string of the molecule is Oc1c(CC(O)CBr)cc(F)cc1-c1c(F)cccc1Cl. The Hall–Kier alpha value is -1.17. The number of halogens is 4. The van der Waals surface area contributed by atoms with Gasteiger partial charge >= 0.3 is 0 Å². The molecule has 21 heavy (non-hydrogen) atoms. The quantitative estimate of drug-likeness (QED) is 0.781. The maximum atomic E-state index is 13.9. The van der Waals surface area contributed by atoms with Crippen LogP contribution in [0.4, 0.5) is 8.78 Å². The van der Waals surface area contributed by atoms with Gasteiger partial charge in [-0.15, -0.1) is 0 Å². The third-order valence-electron chi connectivity index (χ3n) is 3.02. The van der Waals surface area contributed by atoms with Crippen molar-refractivity contribution in [3.05, 3.63) is 52.6 Å². The fraction of sp³-hybridized carbons (Fsp3) is 0.200. The highest BCUT2D eigenvalue weighted by Gasteiger charge is 2.19. The molecular formula is C15H12BrClF2O2. The molecule has 6 heteroatoms. The second-order valence-electron chi connectivity index (χ2n) is 4.57. The zero-order chi connectivity index (χ0) is 15.6. The van der Waals surface area contributed by atoms with Crippen molar-refractivity contribution in [3.8, 4) is 16.9 Å². The Morgan fingerprint density at radius 1 is 1.24 bits per heavy atom. The molecule has 0 bridgehead atoms. The minimum Gasteiger partial charge on any atom is -0.507 e. The van der Waals surface area contributed by atoms with E-state index < -0.39 is 17.7 Å². The molecule has 0 aromatic heterocycles. The highest BCUT2D eigenvalue weighted by atomic mass is 79.9. The third-order valence-corrected chi connectivity index (χ3v) is 4.08. The number of aromatic hydroxyl groups is 1. The molecule has 1 atom stereocenters. The molecule has 0 saturated carbocycles. The lowest BCUT2D eigenvalue weighted by molar-refractivity contribution is 0.200. The summed E-state index contributed by atoms with van der Waals surface area (Å²) < 4.78 is 27.7. The van der Waals surface area contributed by atoms with Crippen LogP contribution in [-0.4, -0.2) is 21.6 Å². The fourth-order valence-electron chi connectivity index (χ4n) is 2.07. The summed E-state index contributed by atoms with van der Waals surface area (Å²) in [5.41, 5.74) is 0.0943. The number of aliphatic hydroxyl groups excluding tert-OH is 1. The minimum atomic E-state index is -0.790. The van der Waals surface area contributed by atoms with E-state index in [1.54, 1.807) is 0 Å². The van der Waals surface area contributed by atoms with Crippen molar-refractivity contribution < 1.29 is 19.0 Å². The lowest BCUT2D eigenvalue weighted by Gasteiger charge is -2.14. The van der Waals surface area contributed by atoms with Gasteiger partial charge in [0.2, 0.25) is 0 Å². The van der Waals surface area contributed by atoms with Crippen molar-refractivity contribution in [1.82, 2.24) is 0 Å². The van der Waals surface area contributed by atoms with Crippen molar-refractivity contribution in [3.63, 3.8) is 0 Å². The Kier molecular flexibility index (Phi) is 5.19. The molecular weight excluding hydrogens is 366 g/mol. The summed E-state index contributed by atoms with van der Waals surface area (Å²) in [7, 11) is 0. The standard InChI is InChI=1S/C15H12BrClF2O2/c16-7-10(20)5-8-4-9(18)6-11(15(8)21)14-12(17)2-1-3-13(14)19/h1-4,6,10,20-21H,5,7H2. The molecule has 0 amide bonds. The van der Waals surface area contributed by atoms with E-state index in [2.05, 4.69) is 15.9 Å². The minimum absolute atomic E-state index is 0.0325. The van der Waals surface area contributed by atoms with Crippen molar-refractivity contribution in [2.45, 2.75) is 12.5 Å². The van der Waals surface area contributed by atoms with E-state index in [1.165, 1.54) is 18.2 Å². The van der Waals surface area contributed by atoms with E-state index in [9.17, 15) is 19.0 Å². The van der Waals surface area contributed by atoms with E-state index in [0.29, 0.717) is 0 Å². The second-order valence-corrected chi connectivity index (χ2v) is 5.62. The zero-order valence-electron chi connectivity index (χ0n) is 10.8. The van der Waals surface area contributed by atoms with Crippen LogP contribution in [0.25, 0.3) is 11.1 Å². The van der Waals surface area contributed by atoms with Crippen LogP contribution in [0.2, 0.25) is 5.02 Å². The molecule has 2 nitrogen and oxygen atoms in total. The zero-order valence-corrected chi connectivity index (χ0v) is 13.1.